The molecule has 0 spiro atoms. The molecule has 4 heteroatoms. The lowest BCUT2D eigenvalue weighted by Gasteiger charge is -2.21. The Morgan fingerprint density at radius 2 is 1.75 bits per heavy atom. The summed E-state index contributed by atoms with van der Waals surface area (Å²) in [6.45, 7) is 7.50. The number of aliphatic hydroxyl groups excluding tert-OH is 1. The smallest absolute Gasteiger partial charge is 0.220 e. The van der Waals surface area contributed by atoms with Crippen LogP contribution in [-0.2, 0) is 4.79 Å². The van der Waals surface area contributed by atoms with E-state index in [1.807, 2.05) is 6.92 Å². The van der Waals surface area contributed by atoms with Crippen LogP contribution < -0.4 is 5.32 Å². The van der Waals surface area contributed by atoms with Crippen molar-refractivity contribution in [2.24, 2.45) is 0 Å². The molecule has 0 fully saturated rings. The molecule has 0 unspecified atom stereocenters. The van der Waals surface area contributed by atoms with E-state index in [-0.39, 0.29) is 12.5 Å². The van der Waals surface area contributed by atoms with Gasteiger partial charge in [0.1, 0.15) is 0 Å². The molecule has 0 aliphatic rings. The minimum absolute atomic E-state index is 0.143. The van der Waals surface area contributed by atoms with E-state index in [4.69, 9.17) is 5.11 Å². The summed E-state index contributed by atoms with van der Waals surface area (Å²) in [6, 6.07) is 0. The first-order chi connectivity index (χ1) is 11.7. The van der Waals surface area contributed by atoms with Crippen molar-refractivity contribution in [2.75, 3.05) is 32.8 Å². The van der Waals surface area contributed by atoms with Crippen molar-refractivity contribution in [3.63, 3.8) is 0 Å². The number of rotatable bonds is 16. The topological polar surface area (TPSA) is 52.6 Å². The SMILES string of the molecule is C/C=C/CCCCC(=O)NCCN(CCO)CCCC/C=C/CC. The van der Waals surface area contributed by atoms with Crippen molar-refractivity contribution in [3.8, 4) is 0 Å². The minimum Gasteiger partial charge on any atom is -0.395 e. The highest BCUT2D eigenvalue weighted by atomic mass is 16.3. The predicted octanol–water partition coefficient (Wildman–Crippen LogP) is 3.67. The van der Waals surface area contributed by atoms with E-state index in [9.17, 15) is 4.79 Å². The second-order valence-corrected chi connectivity index (χ2v) is 6.11. The number of allylic oxidation sites excluding steroid dienone is 4. The fourth-order valence-corrected chi connectivity index (χ4v) is 2.52. The summed E-state index contributed by atoms with van der Waals surface area (Å²) in [5.41, 5.74) is 0. The van der Waals surface area contributed by atoms with Crippen LogP contribution in [0.2, 0.25) is 0 Å². The van der Waals surface area contributed by atoms with E-state index in [2.05, 4.69) is 41.4 Å². The third-order valence-corrected chi connectivity index (χ3v) is 3.92. The molecule has 140 valence electrons. The van der Waals surface area contributed by atoms with Gasteiger partial charge in [0.05, 0.1) is 6.61 Å². The van der Waals surface area contributed by atoms with Crippen molar-refractivity contribution in [1.29, 1.82) is 0 Å². The Hall–Kier alpha value is -1.13. The fraction of sp³-hybridized carbons (Fsp3) is 0.750. The summed E-state index contributed by atoms with van der Waals surface area (Å²) in [6.07, 6.45) is 16.9. The first kappa shape index (κ1) is 22.9. The molecule has 1 amide bonds. The second-order valence-electron chi connectivity index (χ2n) is 6.11. The Kier molecular flexibility index (Phi) is 17.4. The van der Waals surface area contributed by atoms with Gasteiger partial charge in [-0.05, 0) is 58.4 Å². The van der Waals surface area contributed by atoms with Gasteiger partial charge in [-0.2, -0.15) is 0 Å². The van der Waals surface area contributed by atoms with Crippen LogP contribution >= 0.6 is 0 Å². The Bertz CT molecular complexity index is 341. The van der Waals surface area contributed by atoms with Crippen LogP contribution in [0.15, 0.2) is 24.3 Å². The lowest BCUT2D eigenvalue weighted by atomic mass is 10.2. The minimum atomic E-state index is 0.143. The third kappa shape index (κ3) is 15.8. The zero-order valence-electron chi connectivity index (χ0n) is 15.8. The summed E-state index contributed by atoms with van der Waals surface area (Å²) < 4.78 is 0. The Labute approximate surface area is 149 Å². The maximum Gasteiger partial charge on any atom is 0.220 e. The number of hydrogen-bond donors (Lipinski definition) is 2. The molecule has 0 aliphatic heterocycles. The molecule has 24 heavy (non-hydrogen) atoms. The molecule has 0 radical (unpaired) electrons. The summed E-state index contributed by atoms with van der Waals surface area (Å²) in [5, 5.41) is 12.1. The Balaban J connectivity index is 3.71. The Morgan fingerprint density at radius 1 is 1.00 bits per heavy atom. The van der Waals surface area contributed by atoms with Crippen LogP contribution in [0.25, 0.3) is 0 Å². The zero-order valence-corrected chi connectivity index (χ0v) is 15.8. The summed E-state index contributed by atoms with van der Waals surface area (Å²) in [7, 11) is 0. The van der Waals surface area contributed by atoms with E-state index >= 15 is 0 Å². The predicted molar refractivity (Wildman–Crippen MR) is 103 cm³/mol. The van der Waals surface area contributed by atoms with Gasteiger partial charge in [0, 0.05) is 26.1 Å². The maximum atomic E-state index is 11.8. The van der Waals surface area contributed by atoms with E-state index in [1.165, 1.54) is 6.42 Å². The number of nitrogens with zero attached hydrogens (tertiary/aromatic N) is 1. The monoisotopic (exact) mass is 338 g/mol. The van der Waals surface area contributed by atoms with Crippen molar-refractivity contribution < 1.29 is 9.90 Å². The standard InChI is InChI=1S/C20H38N2O2/c1-3-5-7-9-11-13-16-22(18-19-23)17-15-21-20(24)14-12-10-8-6-4-2/h4-7,23H,3,8-19H2,1-2H3,(H,21,24)/b6-4+,7-5+. The molecule has 0 aromatic rings. The van der Waals surface area contributed by atoms with Gasteiger partial charge in [-0.15, -0.1) is 0 Å². The van der Waals surface area contributed by atoms with Gasteiger partial charge in [-0.25, -0.2) is 0 Å². The summed E-state index contributed by atoms with van der Waals surface area (Å²) in [4.78, 5) is 14.0. The third-order valence-electron chi connectivity index (χ3n) is 3.92. The number of nitrogens with one attached hydrogen (secondary N) is 1. The van der Waals surface area contributed by atoms with Crippen molar-refractivity contribution in [2.45, 2.75) is 65.2 Å². The van der Waals surface area contributed by atoms with E-state index in [0.29, 0.717) is 19.5 Å². The molecule has 2 N–H and O–H groups in total. The van der Waals surface area contributed by atoms with Gasteiger partial charge in [0.25, 0.3) is 0 Å². The Morgan fingerprint density at radius 3 is 2.46 bits per heavy atom. The molecule has 0 bridgehead atoms. The number of unbranched alkanes of at least 4 members (excludes halogenated alkanes) is 4. The molecule has 0 atom stereocenters. The van der Waals surface area contributed by atoms with Gasteiger partial charge in [-0.1, -0.05) is 31.2 Å². The molecular formula is C20H38N2O2. The quantitative estimate of drug-likeness (QED) is 0.333. The molecule has 0 aromatic heterocycles. The van der Waals surface area contributed by atoms with Gasteiger partial charge >= 0.3 is 0 Å². The molecule has 0 saturated heterocycles. The number of amides is 1. The highest BCUT2D eigenvalue weighted by molar-refractivity contribution is 5.75. The molecule has 0 aliphatic carbocycles. The largest absolute Gasteiger partial charge is 0.395 e. The maximum absolute atomic E-state index is 11.8. The average Bonchev–Trinajstić information content (AvgIpc) is 2.57. The molecule has 0 heterocycles. The number of aliphatic hydroxyl groups is 1. The van der Waals surface area contributed by atoms with E-state index in [0.717, 1.165) is 51.6 Å². The van der Waals surface area contributed by atoms with Crippen molar-refractivity contribution >= 4 is 5.91 Å². The molecular weight excluding hydrogens is 300 g/mol. The van der Waals surface area contributed by atoms with Crippen LogP contribution in [0.4, 0.5) is 0 Å². The van der Waals surface area contributed by atoms with Crippen LogP contribution in [0, 0.1) is 0 Å². The molecule has 4 nitrogen and oxygen atoms in total. The lowest BCUT2D eigenvalue weighted by molar-refractivity contribution is -0.121. The van der Waals surface area contributed by atoms with Crippen LogP contribution in [0.5, 0.6) is 0 Å². The average molecular weight is 339 g/mol. The highest BCUT2D eigenvalue weighted by Gasteiger charge is 2.05. The first-order valence-electron chi connectivity index (χ1n) is 9.60. The van der Waals surface area contributed by atoms with Crippen LogP contribution in [0.3, 0.4) is 0 Å². The van der Waals surface area contributed by atoms with Crippen molar-refractivity contribution in [1.82, 2.24) is 10.2 Å². The number of hydrogen-bond acceptors (Lipinski definition) is 3. The highest BCUT2D eigenvalue weighted by Crippen LogP contribution is 2.02. The van der Waals surface area contributed by atoms with Crippen LogP contribution in [0.1, 0.15) is 65.2 Å². The first-order valence-corrected chi connectivity index (χ1v) is 9.60. The van der Waals surface area contributed by atoms with Gasteiger partial charge in [0.15, 0.2) is 0 Å². The zero-order chi connectivity index (χ0) is 17.9. The normalized spacial score (nSPS) is 11.8. The van der Waals surface area contributed by atoms with Gasteiger partial charge in [-0.3, -0.25) is 9.69 Å². The van der Waals surface area contributed by atoms with E-state index in [1.54, 1.807) is 0 Å². The van der Waals surface area contributed by atoms with Gasteiger partial charge < -0.3 is 10.4 Å². The lowest BCUT2D eigenvalue weighted by Crippen LogP contribution is -2.36. The molecule has 0 aromatic carbocycles. The number of carbonyl (C=O) groups excluding carboxylic acids is 1. The molecule has 0 rings (SSSR count). The van der Waals surface area contributed by atoms with Gasteiger partial charge in [0.2, 0.25) is 5.91 Å². The fourth-order valence-electron chi connectivity index (χ4n) is 2.52. The van der Waals surface area contributed by atoms with Crippen molar-refractivity contribution in [3.05, 3.63) is 24.3 Å². The summed E-state index contributed by atoms with van der Waals surface area (Å²) in [5.74, 6) is 0.143. The summed E-state index contributed by atoms with van der Waals surface area (Å²) >= 11 is 0. The second kappa shape index (κ2) is 18.2. The molecule has 0 saturated carbocycles. The number of carbonyl (C=O) groups is 1. The van der Waals surface area contributed by atoms with E-state index < -0.39 is 0 Å². The van der Waals surface area contributed by atoms with Crippen LogP contribution in [-0.4, -0.2) is 48.7 Å².